The third kappa shape index (κ3) is 3.94. The molecule has 3 heterocycles. The average Bonchev–Trinajstić information content (AvgIpc) is 3.48. The van der Waals surface area contributed by atoms with Crippen molar-refractivity contribution in [1.29, 1.82) is 0 Å². The number of urea groups is 1. The summed E-state index contributed by atoms with van der Waals surface area (Å²) in [6.45, 7) is 3.11. The molecule has 184 valence electrons. The van der Waals surface area contributed by atoms with E-state index in [1.165, 1.54) is 0 Å². The lowest BCUT2D eigenvalue weighted by molar-refractivity contribution is -0.139. The van der Waals surface area contributed by atoms with Gasteiger partial charge >= 0.3 is 6.03 Å². The number of fused-ring (bicyclic) bond motifs is 1. The molecule has 9 heteroatoms. The number of rotatable bonds is 6. The average molecular weight is 480 g/mol. The van der Waals surface area contributed by atoms with Crippen LogP contribution in [-0.2, 0) is 15.1 Å². The Morgan fingerprint density at radius 1 is 1.11 bits per heavy atom. The summed E-state index contributed by atoms with van der Waals surface area (Å²) < 4.78 is 16.5. The molecule has 2 unspecified atom stereocenters. The van der Waals surface area contributed by atoms with Crippen LogP contribution in [0.5, 0.6) is 17.2 Å². The Kier molecular flexibility index (Phi) is 6.00. The number of hydrogen-bond donors (Lipinski definition) is 1. The van der Waals surface area contributed by atoms with Crippen LogP contribution < -0.4 is 19.5 Å². The smallest absolute Gasteiger partial charge is 0.325 e. The van der Waals surface area contributed by atoms with Crippen LogP contribution in [0.2, 0.25) is 0 Å². The molecular formula is C26H29N3O6. The fraction of sp³-hybridized carbons (Fsp3) is 0.423. The first-order valence-electron chi connectivity index (χ1n) is 11.9. The van der Waals surface area contributed by atoms with Gasteiger partial charge in [0, 0.05) is 6.54 Å². The van der Waals surface area contributed by atoms with Crippen LogP contribution >= 0.6 is 0 Å². The first kappa shape index (κ1) is 23.0. The topological polar surface area (TPSA) is 97.4 Å². The molecule has 0 saturated carbocycles. The van der Waals surface area contributed by atoms with Gasteiger partial charge in [-0.15, -0.1) is 0 Å². The zero-order valence-corrected chi connectivity index (χ0v) is 19.9. The van der Waals surface area contributed by atoms with Gasteiger partial charge < -0.3 is 24.4 Å². The summed E-state index contributed by atoms with van der Waals surface area (Å²) in [7, 11) is 1.57. The molecule has 0 spiro atoms. The summed E-state index contributed by atoms with van der Waals surface area (Å²) in [5, 5.41) is 2.84. The minimum absolute atomic E-state index is 0.142. The molecule has 3 aliphatic heterocycles. The van der Waals surface area contributed by atoms with Gasteiger partial charge in [-0.1, -0.05) is 25.1 Å². The van der Waals surface area contributed by atoms with Gasteiger partial charge in [-0.25, -0.2) is 4.79 Å². The third-order valence-corrected chi connectivity index (χ3v) is 7.11. The summed E-state index contributed by atoms with van der Waals surface area (Å²) in [5.41, 5.74) is 0.409. The molecule has 2 saturated heterocycles. The SMILES string of the molecule is CCC1(c2ccc(OC)cc2)NC(=O)N(CC(=O)N2CCCC2c2ccc3c(c2)OCCO3)C1=O. The highest BCUT2D eigenvalue weighted by atomic mass is 16.6. The molecule has 0 bridgehead atoms. The summed E-state index contributed by atoms with van der Waals surface area (Å²) in [4.78, 5) is 42.5. The molecule has 3 aliphatic rings. The second-order valence-corrected chi connectivity index (χ2v) is 8.96. The largest absolute Gasteiger partial charge is 0.497 e. The highest BCUT2D eigenvalue weighted by Crippen LogP contribution is 2.39. The maximum absolute atomic E-state index is 13.5. The van der Waals surface area contributed by atoms with Crippen LogP contribution in [0.25, 0.3) is 0 Å². The highest BCUT2D eigenvalue weighted by Gasteiger charge is 2.52. The number of methoxy groups -OCH3 is 1. The molecule has 0 aliphatic carbocycles. The van der Waals surface area contributed by atoms with E-state index < -0.39 is 17.5 Å². The van der Waals surface area contributed by atoms with E-state index in [-0.39, 0.29) is 18.5 Å². The summed E-state index contributed by atoms with van der Waals surface area (Å²) in [6, 6.07) is 12.1. The van der Waals surface area contributed by atoms with Crippen molar-refractivity contribution >= 4 is 17.8 Å². The molecule has 0 radical (unpaired) electrons. The Morgan fingerprint density at radius 2 is 1.86 bits per heavy atom. The van der Waals surface area contributed by atoms with Gasteiger partial charge in [0.05, 0.1) is 13.2 Å². The molecule has 4 amide bonds. The second-order valence-electron chi connectivity index (χ2n) is 8.96. The number of likely N-dealkylation sites (tertiary alicyclic amines) is 1. The molecule has 2 atom stereocenters. The Morgan fingerprint density at radius 3 is 2.57 bits per heavy atom. The van der Waals surface area contributed by atoms with Gasteiger partial charge in [0.2, 0.25) is 5.91 Å². The number of ether oxygens (including phenoxy) is 3. The molecule has 35 heavy (non-hydrogen) atoms. The lowest BCUT2D eigenvalue weighted by Gasteiger charge is -2.28. The number of benzene rings is 2. The number of amides is 4. The van der Waals surface area contributed by atoms with Crippen molar-refractivity contribution in [2.75, 3.05) is 33.4 Å². The Bertz CT molecular complexity index is 1150. The number of carbonyl (C=O) groups excluding carboxylic acids is 3. The number of imide groups is 1. The fourth-order valence-electron chi connectivity index (χ4n) is 5.19. The van der Waals surface area contributed by atoms with E-state index in [9.17, 15) is 14.4 Å². The van der Waals surface area contributed by atoms with Crippen LogP contribution in [0.15, 0.2) is 42.5 Å². The molecular weight excluding hydrogens is 450 g/mol. The lowest BCUT2D eigenvalue weighted by Crippen LogP contribution is -2.45. The maximum Gasteiger partial charge on any atom is 0.325 e. The van der Waals surface area contributed by atoms with Crippen molar-refractivity contribution in [3.05, 3.63) is 53.6 Å². The quantitative estimate of drug-likeness (QED) is 0.640. The Balaban J connectivity index is 1.34. The summed E-state index contributed by atoms with van der Waals surface area (Å²) in [5.74, 6) is 1.35. The summed E-state index contributed by atoms with van der Waals surface area (Å²) >= 11 is 0. The van der Waals surface area contributed by atoms with Crippen molar-refractivity contribution in [2.24, 2.45) is 0 Å². The van der Waals surface area contributed by atoms with E-state index in [1.807, 2.05) is 25.1 Å². The molecule has 5 rings (SSSR count). The van der Waals surface area contributed by atoms with Crippen LogP contribution in [0.3, 0.4) is 0 Å². The van der Waals surface area contributed by atoms with Gasteiger partial charge in [0.1, 0.15) is 31.0 Å². The Hall–Kier alpha value is -3.75. The highest BCUT2D eigenvalue weighted by molar-refractivity contribution is 6.09. The van der Waals surface area contributed by atoms with Gasteiger partial charge in [0.25, 0.3) is 5.91 Å². The number of hydrogen-bond acceptors (Lipinski definition) is 6. The first-order chi connectivity index (χ1) is 17.0. The molecule has 2 aromatic carbocycles. The van der Waals surface area contributed by atoms with Crippen LogP contribution in [0, 0.1) is 0 Å². The van der Waals surface area contributed by atoms with E-state index in [2.05, 4.69) is 5.32 Å². The van der Waals surface area contributed by atoms with Crippen molar-refractivity contribution < 1.29 is 28.6 Å². The molecule has 2 aromatic rings. The predicted octanol–water partition coefficient (Wildman–Crippen LogP) is 2.99. The van der Waals surface area contributed by atoms with E-state index in [4.69, 9.17) is 14.2 Å². The van der Waals surface area contributed by atoms with Crippen LogP contribution in [0.1, 0.15) is 43.4 Å². The zero-order valence-electron chi connectivity index (χ0n) is 19.9. The van der Waals surface area contributed by atoms with Crippen molar-refractivity contribution in [3.63, 3.8) is 0 Å². The van der Waals surface area contributed by atoms with Crippen molar-refractivity contribution in [1.82, 2.24) is 15.1 Å². The van der Waals surface area contributed by atoms with Crippen molar-refractivity contribution in [3.8, 4) is 17.2 Å². The van der Waals surface area contributed by atoms with E-state index in [0.717, 1.165) is 23.3 Å². The molecule has 1 N–H and O–H groups in total. The van der Waals surface area contributed by atoms with E-state index in [1.54, 1.807) is 36.3 Å². The monoisotopic (exact) mass is 479 g/mol. The van der Waals surface area contributed by atoms with Gasteiger partial charge in [-0.3, -0.25) is 14.5 Å². The molecule has 9 nitrogen and oxygen atoms in total. The van der Waals surface area contributed by atoms with E-state index >= 15 is 0 Å². The van der Waals surface area contributed by atoms with Crippen LogP contribution in [0.4, 0.5) is 4.79 Å². The number of nitrogens with one attached hydrogen (secondary N) is 1. The van der Waals surface area contributed by atoms with E-state index in [0.29, 0.717) is 49.0 Å². The lowest BCUT2D eigenvalue weighted by atomic mass is 9.87. The first-order valence-corrected chi connectivity index (χ1v) is 11.9. The van der Waals surface area contributed by atoms with Crippen molar-refractivity contribution in [2.45, 2.75) is 37.8 Å². The third-order valence-electron chi connectivity index (χ3n) is 7.11. The molecule has 0 aromatic heterocycles. The summed E-state index contributed by atoms with van der Waals surface area (Å²) in [6.07, 6.45) is 2.00. The minimum atomic E-state index is -1.20. The van der Waals surface area contributed by atoms with Gasteiger partial charge in [0.15, 0.2) is 11.5 Å². The standard InChI is InChI=1S/C26H29N3O6/c1-3-26(18-7-9-19(33-2)10-8-18)24(31)29(25(32)27-26)16-23(30)28-12-4-5-20(28)17-6-11-21-22(15-17)35-14-13-34-21/h6-11,15,20H,3-5,12-14,16H2,1-2H3,(H,27,32). The predicted molar refractivity (Wildman–Crippen MR) is 126 cm³/mol. The Labute approximate surface area is 203 Å². The minimum Gasteiger partial charge on any atom is -0.497 e. The fourth-order valence-corrected chi connectivity index (χ4v) is 5.19. The second kappa shape index (κ2) is 9.13. The van der Waals surface area contributed by atoms with Crippen LogP contribution in [-0.4, -0.2) is 61.1 Å². The molecule has 2 fully saturated rings. The van der Waals surface area contributed by atoms with Gasteiger partial charge in [-0.2, -0.15) is 0 Å². The number of nitrogens with zero attached hydrogens (tertiary/aromatic N) is 2. The zero-order chi connectivity index (χ0) is 24.6. The normalized spacial score (nSPS) is 23.4. The maximum atomic E-state index is 13.5. The number of carbonyl (C=O) groups is 3. The van der Waals surface area contributed by atoms with Gasteiger partial charge in [-0.05, 0) is 54.7 Å².